The number of halogens is 1. The number of carbonyl (C=O) groups is 1. The Bertz CT molecular complexity index is 413. The predicted octanol–water partition coefficient (Wildman–Crippen LogP) is 2.39. The summed E-state index contributed by atoms with van der Waals surface area (Å²) in [5.41, 5.74) is 0.742. The van der Waals surface area contributed by atoms with Gasteiger partial charge in [0, 0.05) is 16.7 Å². The smallest absolute Gasteiger partial charge is 0.255 e. The van der Waals surface area contributed by atoms with Gasteiger partial charge >= 0.3 is 0 Å². The fourth-order valence-corrected chi connectivity index (χ4v) is 2.40. The van der Waals surface area contributed by atoms with Gasteiger partial charge in [0.05, 0.1) is 12.7 Å². The second kappa shape index (κ2) is 4.61. The third-order valence-corrected chi connectivity index (χ3v) is 3.70. The zero-order valence-corrected chi connectivity index (χ0v) is 11.5. The Morgan fingerprint density at radius 3 is 2.75 bits per heavy atom. The molecule has 86 valence electrons. The van der Waals surface area contributed by atoms with E-state index in [1.165, 1.54) is 0 Å². The van der Waals surface area contributed by atoms with Crippen molar-refractivity contribution >= 4 is 28.5 Å². The molecule has 0 aliphatic carbocycles. The van der Waals surface area contributed by atoms with Crippen LogP contribution in [0.2, 0.25) is 0 Å². The van der Waals surface area contributed by atoms with E-state index in [1.807, 2.05) is 23.1 Å². The van der Waals surface area contributed by atoms with Crippen LogP contribution in [0.15, 0.2) is 18.2 Å². The zero-order chi connectivity index (χ0) is 11.7. The fourth-order valence-electron chi connectivity index (χ4n) is 1.83. The van der Waals surface area contributed by atoms with Crippen LogP contribution in [-0.4, -0.2) is 31.0 Å². The van der Waals surface area contributed by atoms with Crippen molar-refractivity contribution in [1.82, 2.24) is 4.90 Å². The average Bonchev–Trinajstić information content (AvgIpc) is 2.25. The molecule has 0 N–H and O–H groups in total. The molecule has 0 aromatic heterocycles. The number of methoxy groups -OCH3 is 1. The number of rotatable bonds is 2. The number of hydrogen-bond acceptors (Lipinski definition) is 2. The Labute approximate surface area is 109 Å². The Hall–Kier alpha value is -0.780. The van der Waals surface area contributed by atoms with E-state index in [4.69, 9.17) is 4.74 Å². The van der Waals surface area contributed by atoms with Crippen molar-refractivity contribution in [3.63, 3.8) is 0 Å². The summed E-state index contributed by atoms with van der Waals surface area (Å²) in [6, 6.07) is 5.60. The largest absolute Gasteiger partial charge is 0.497 e. The molecular formula is C12H14INO2. The van der Waals surface area contributed by atoms with E-state index in [-0.39, 0.29) is 5.91 Å². The Morgan fingerprint density at radius 1 is 1.50 bits per heavy atom. The first-order chi connectivity index (χ1) is 7.61. The van der Waals surface area contributed by atoms with Gasteiger partial charge in [0.15, 0.2) is 0 Å². The monoisotopic (exact) mass is 331 g/mol. The molecule has 1 fully saturated rings. The van der Waals surface area contributed by atoms with Crippen LogP contribution in [0.5, 0.6) is 5.75 Å². The first-order valence-electron chi connectivity index (χ1n) is 5.24. The molecule has 1 aliphatic rings. The van der Waals surface area contributed by atoms with Gasteiger partial charge in [0.2, 0.25) is 0 Å². The molecular weight excluding hydrogens is 317 g/mol. The second-order valence-electron chi connectivity index (χ2n) is 4.16. The molecule has 2 rings (SSSR count). The number of benzene rings is 1. The van der Waals surface area contributed by atoms with Crippen LogP contribution in [0.25, 0.3) is 0 Å². The summed E-state index contributed by atoms with van der Waals surface area (Å²) in [5, 5.41) is 0. The lowest BCUT2D eigenvalue weighted by molar-refractivity contribution is 0.0529. The van der Waals surface area contributed by atoms with Crippen LogP contribution in [0.4, 0.5) is 0 Å². The SMILES string of the molecule is COc1ccc(I)c(C(=O)N2CC(C)C2)c1. The van der Waals surface area contributed by atoms with Crippen molar-refractivity contribution in [1.29, 1.82) is 0 Å². The molecule has 0 atom stereocenters. The van der Waals surface area contributed by atoms with E-state index in [9.17, 15) is 4.79 Å². The van der Waals surface area contributed by atoms with Crippen LogP contribution in [-0.2, 0) is 0 Å². The minimum atomic E-state index is 0.112. The Balaban J connectivity index is 2.22. The van der Waals surface area contributed by atoms with Gasteiger partial charge < -0.3 is 9.64 Å². The number of hydrogen-bond donors (Lipinski definition) is 0. The van der Waals surface area contributed by atoms with Crippen molar-refractivity contribution in [2.24, 2.45) is 5.92 Å². The summed E-state index contributed by atoms with van der Waals surface area (Å²) in [6.07, 6.45) is 0. The number of ether oxygens (including phenoxy) is 1. The molecule has 0 radical (unpaired) electrons. The van der Waals surface area contributed by atoms with Gasteiger partial charge in [0.1, 0.15) is 5.75 Å². The Kier molecular flexibility index (Phi) is 3.37. The van der Waals surface area contributed by atoms with Crippen molar-refractivity contribution < 1.29 is 9.53 Å². The van der Waals surface area contributed by atoms with Gasteiger partial charge in [-0.05, 0) is 46.7 Å². The molecule has 16 heavy (non-hydrogen) atoms. The number of amides is 1. The molecule has 1 amide bonds. The van der Waals surface area contributed by atoms with Gasteiger partial charge in [-0.3, -0.25) is 4.79 Å². The van der Waals surface area contributed by atoms with Crippen LogP contribution in [0.1, 0.15) is 17.3 Å². The van der Waals surface area contributed by atoms with E-state index in [0.717, 1.165) is 28.0 Å². The summed E-state index contributed by atoms with van der Waals surface area (Å²) in [7, 11) is 1.61. The molecule has 3 nitrogen and oxygen atoms in total. The molecule has 1 aromatic carbocycles. The van der Waals surface area contributed by atoms with Gasteiger partial charge in [-0.15, -0.1) is 0 Å². The lowest BCUT2D eigenvalue weighted by Gasteiger charge is -2.37. The van der Waals surface area contributed by atoms with Crippen molar-refractivity contribution in [3.8, 4) is 5.75 Å². The highest BCUT2D eigenvalue weighted by Gasteiger charge is 2.28. The summed E-state index contributed by atoms with van der Waals surface area (Å²) in [5.74, 6) is 1.48. The van der Waals surface area contributed by atoms with Crippen LogP contribution >= 0.6 is 22.6 Å². The Morgan fingerprint density at radius 2 is 2.19 bits per heavy atom. The van der Waals surface area contributed by atoms with Gasteiger partial charge in [0.25, 0.3) is 5.91 Å². The van der Waals surface area contributed by atoms with Crippen LogP contribution in [0, 0.1) is 9.49 Å². The molecule has 0 saturated carbocycles. The fraction of sp³-hybridized carbons (Fsp3) is 0.417. The lowest BCUT2D eigenvalue weighted by atomic mass is 10.0. The van der Waals surface area contributed by atoms with Crippen LogP contribution < -0.4 is 4.74 Å². The highest BCUT2D eigenvalue weighted by molar-refractivity contribution is 14.1. The van der Waals surface area contributed by atoms with Crippen LogP contribution in [0.3, 0.4) is 0 Å². The third kappa shape index (κ3) is 2.16. The standard InChI is InChI=1S/C12H14INO2/c1-8-6-14(7-8)12(15)10-5-9(16-2)3-4-11(10)13/h3-5,8H,6-7H2,1-2H3. The zero-order valence-electron chi connectivity index (χ0n) is 9.37. The van der Waals surface area contributed by atoms with Gasteiger partial charge in [-0.25, -0.2) is 0 Å². The minimum Gasteiger partial charge on any atom is -0.497 e. The summed E-state index contributed by atoms with van der Waals surface area (Å²) in [6.45, 7) is 3.89. The van der Waals surface area contributed by atoms with Crippen molar-refractivity contribution in [2.75, 3.05) is 20.2 Å². The van der Waals surface area contributed by atoms with E-state index in [0.29, 0.717) is 5.92 Å². The summed E-state index contributed by atoms with van der Waals surface area (Å²) in [4.78, 5) is 14.0. The van der Waals surface area contributed by atoms with E-state index < -0.39 is 0 Å². The van der Waals surface area contributed by atoms with E-state index in [2.05, 4.69) is 29.5 Å². The summed E-state index contributed by atoms with van der Waals surface area (Å²) >= 11 is 2.18. The topological polar surface area (TPSA) is 29.5 Å². The van der Waals surface area contributed by atoms with Crippen molar-refractivity contribution in [3.05, 3.63) is 27.3 Å². The molecule has 1 heterocycles. The van der Waals surface area contributed by atoms with E-state index in [1.54, 1.807) is 7.11 Å². The highest BCUT2D eigenvalue weighted by atomic mass is 127. The maximum absolute atomic E-state index is 12.1. The highest BCUT2D eigenvalue weighted by Crippen LogP contribution is 2.24. The molecule has 0 bridgehead atoms. The minimum absolute atomic E-state index is 0.112. The first-order valence-corrected chi connectivity index (χ1v) is 6.32. The quantitative estimate of drug-likeness (QED) is 0.779. The number of carbonyl (C=O) groups excluding carboxylic acids is 1. The van der Waals surface area contributed by atoms with E-state index >= 15 is 0 Å². The predicted molar refractivity (Wildman–Crippen MR) is 70.8 cm³/mol. The number of nitrogens with zero attached hydrogens (tertiary/aromatic N) is 1. The maximum atomic E-state index is 12.1. The molecule has 0 unspecified atom stereocenters. The lowest BCUT2D eigenvalue weighted by Crippen LogP contribution is -2.48. The maximum Gasteiger partial charge on any atom is 0.255 e. The molecule has 0 spiro atoms. The normalized spacial score (nSPS) is 15.8. The summed E-state index contributed by atoms with van der Waals surface area (Å²) < 4.78 is 6.11. The third-order valence-electron chi connectivity index (χ3n) is 2.76. The number of likely N-dealkylation sites (tertiary alicyclic amines) is 1. The van der Waals surface area contributed by atoms with Gasteiger partial charge in [-0.1, -0.05) is 6.92 Å². The van der Waals surface area contributed by atoms with Gasteiger partial charge in [-0.2, -0.15) is 0 Å². The average molecular weight is 331 g/mol. The molecule has 4 heteroatoms. The molecule has 1 aromatic rings. The first kappa shape index (κ1) is 11.7. The molecule has 1 aliphatic heterocycles. The van der Waals surface area contributed by atoms with Crippen molar-refractivity contribution in [2.45, 2.75) is 6.92 Å². The second-order valence-corrected chi connectivity index (χ2v) is 5.32. The molecule has 1 saturated heterocycles.